The smallest absolute Gasteiger partial charge is 0.200 e. The summed E-state index contributed by atoms with van der Waals surface area (Å²) in [6, 6.07) is 27.4. The first-order chi connectivity index (χ1) is 16.2. The van der Waals surface area contributed by atoms with Crippen molar-refractivity contribution in [1.29, 1.82) is 0 Å². The van der Waals surface area contributed by atoms with Gasteiger partial charge in [-0.05, 0) is 34.0 Å². The zero-order valence-corrected chi connectivity index (χ0v) is 18.8. The molecular weight excluding hydrogens is 442 g/mol. The SMILES string of the molecule is BC(C)(Cc1cccc(C(c2ccccc2)c2ccccc2)c1)c1c(F)c(F)c(F)c(F)c1F. The van der Waals surface area contributed by atoms with Crippen molar-refractivity contribution in [2.24, 2.45) is 0 Å². The number of hydrogen-bond donors (Lipinski definition) is 0. The minimum atomic E-state index is -2.15. The zero-order valence-electron chi connectivity index (χ0n) is 18.8. The second-order valence-corrected chi connectivity index (χ2v) is 9.00. The van der Waals surface area contributed by atoms with Crippen LogP contribution in [0.2, 0.25) is 0 Å². The summed E-state index contributed by atoms with van der Waals surface area (Å²) in [5.41, 5.74) is 3.03. The highest BCUT2D eigenvalue weighted by atomic mass is 19.2. The average Bonchev–Trinajstić information content (AvgIpc) is 2.83. The van der Waals surface area contributed by atoms with Crippen molar-refractivity contribution in [3.63, 3.8) is 0 Å². The van der Waals surface area contributed by atoms with Crippen LogP contribution in [0, 0.1) is 29.1 Å². The third-order valence-electron chi connectivity index (χ3n) is 6.08. The molecule has 0 aromatic heterocycles. The summed E-state index contributed by atoms with van der Waals surface area (Å²) in [5, 5.41) is -1.35. The number of hydrogen-bond acceptors (Lipinski definition) is 0. The van der Waals surface area contributed by atoms with Crippen LogP contribution in [0.15, 0.2) is 84.9 Å². The largest absolute Gasteiger partial charge is 0.203 e. The Morgan fingerprint density at radius 2 is 1.06 bits per heavy atom. The summed E-state index contributed by atoms with van der Waals surface area (Å²) < 4.78 is 70.3. The summed E-state index contributed by atoms with van der Waals surface area (Å²) in [4.78, 5) is 0. The maximum Gasteiger partial charge on any atom is 0.200 e. The van der Waals surface area contributed by atoms with Crippen LogP contribution in [-0.4, -0.2) is 7.85 Å². The van der Waals surface area contributed by atoms with Crippen molar-refractivity contribution in [3.05, 3.63) is 142 Å². The predicted molar refractivity (Wildman–Crippen MR) is 126 cm³/mol. The molecule has 0 nitrogen and oxygen atoms in total. The average molecular weight is 464 g/mol. The maximum atomic E-state index is 14.5. The Morgan fingerprint density at radius 1 is 0.618 bits per heavy atom. The van der Waals surface area contributed by atoms with Crippen molar-refractivity contribution >= 4 is 7.85 Å². The molecule has 0 spiro atoms. The molecule has 172 valence electrons. The van der Waals surface area contributed by atoms with E-state index in [0.717, 1.165) is 22.3 Å². The first-order valence-corrected chi connectivity index (χ1v) is 10.9. The van der Waals surface area contributed by atoms with Crippen LogP contribution in [0.3, 0.4) is 0 Å². The van der Waals surface area contributed by atoms with E-state index >= 15 is 0 Å². The Bertz CT molecular complexity index is 1230. The molecule has 1 atom stereocenters. The Hall–Kier alpha value is -3.41. The van der Waals surface area contributed by atoms with Gasteiger partial charge in [0.2, 0.25) is 5.82 Å². The first kappa shape index (κ1) is 23.7. The lowest BCUT2D eigenvalue weighted by Crippen LogP contribution is -2.30. The fourth-order valence-corrected chi connectivity index (χ4v) is 4.55. The van der Waals surface area contributed by atoms with Gasteiger partial charge >= 0.3 is 0 Å². The van der Waals surface area contributed by atoms with Gasteiger partial charge in [0.25, 0.3) is 0 Å². The third-order valence-corrected chi connectivity index (χ3v) is 6.08. The van der Waals surface area contributed by atoms with Gasteiger partial charge in [0.05, 0.1) is 0 Å². The predicted octanol–water partition coefficient (Wildman–Crippen LogP) is 6.65. The summed E-state index contributed by atoms with van der Waals surface area (Å²) >= 11 is 0. The quantitative estimate of drug-likeness (QED) is 0.0986. The standard InChI is InChI=1S/C28H22BF5/c1-28(29,22-23(30)25(32)27(34)26(33)24(22)31)16-17-9-8-14-20(15-17)21(18-10-4-2-5-11-18)19-12-6-3-7-13-19/h2-15,21H,16,29H2,1H3. The van der Waals surface area contributed by atoms with Gasteiger partial charge in [-0.3, -0.25) is 0 Å². The van der Waals surface area contributed by atoms with Gasteiger partial charge in [0.1, 0.15) is 7.85 Å². The molecule has 0 heterocycles. The molecule has 0 saturated heterocycles. The molecule has 0 N–H and O–H groups in total. The maximum absolute atomic E-state index is 14.5. The van der Waals surface area contributed by atoms with E-state index in [4.69, 9.17) is 0 Å². The topological polar surface area (TPSA) is 0 Å². The van der Waals surface area contributed by atoms with Crippen molar-refractivity contribution in [2.75, 3.05) is 0 Å². The Balaban J connectivity index is 1.76. The first-order valence-electron chi connectivity index (χ1n) is 10.9. The second-order valence-electron chi connectivity index (χ2n) is 9.00. The van der Waals surface area contributed by atoms with Gasteiger partial charge in [-0.2, -0.15) is 0 Å². The van der Waals surface area contributed by atoms with E-state index in [2.05, 4.69) is 0 Å². The number of halogens is 5. The number of benzene rings is 4. The fourth-order valence-electron chi connectivity index (χ4n) is 4.55. The Morgan fingerprint density at radius 3 is 1.56 bits per heavy atom. The highest BCUT2D eigenvalue weighted by Crippen LogP contribution is 2.36. The highest BCUT2D eigenvalue weighted by molar-refractivity contribution is 6.15. The monoisotopic (exact) mass is 464 g/mol. The molecule has 34 heavy (non-hydrogen) atoms. The van der Waals surface area contributed by atoms with Gasteiger partial charge in [0.15, 0.2) is 23.3 Å². The summed E-state index contributed by atoms with van der Waals surface area (Å²) in [7, 11) is 1.48. The normalized spacial score (nSPS) is 13.1. The molecule has 1 unspecified atom stereocenters. The summed E-state index contributed by atoms with van der Waals surface area (Å²) in [6.45, 7) is 1.48. The van der Waals surface area contributed by atoms with Crippen LogP contribution in [0.5, 0.6) is 0 Å². The Kier molecular flexibility index (Phi) is 6.60. The van der Waals surface area contributed by atoms with Gasteiger partial charge in [0, 0.05) is 11.5 Å². The van der Waals surface area contributed by atoms with Gasteiger partial charge in [-0.15, -0.1) is 0 Å². The lowest BCUT2D eigenvalue weighted by atomic mass is 9.62. The lowest BCUT2D eigenvalue weighted by molar-refractivity contribution is 0.360. The van der Waals surface area contributed by atoms with Gasteiger partial charge in [-0.25, -0.2) is 22.0 Å². The van der Waals surface area contributed by atoms with E-state index in [1.54, 1.807) is 6.07 Å². The molecule has 4 rings (SSSR count). The molecule has 4 aromatic rings. The van der Waals surface area contributed by atoms with Gasteiger partial charge in [-0.1, -0.05) is 91.9 Å². The third kappa shape index (κ3) is 4.50. The van der Waals surface area contributed by atoms with E-state index in [-0.39, 0.29) is 12.3 Å². The van der Waals surface area contributed by atoms with E-state index in [0.29, 0.717) is 0 Å². The van der Waals surface area contributed by atoms with E-state index in [1.807, 2.05) is 78.9 Å². The molecule has 0 aliphatic heterocycles. The molecule has 0 aliphatic carbocycles. The van der Waals surface area contributed by atoms with Crippen LogP contribution < -0.4 is 0 Å². The van der Waals surface area contributed by atoms with Crippen molar-refractivity contribution in [2.45, 2.75) is 24.6 Å². The second kappa shape index (κ2) is 9.45. The van der Waals surface area contributed by atoms with E-state index in [9.17, 15) is 22.0 Å². The Labute approximate surface area is 196 Å². The van der Waals surface area contributed by atoms with Crippen LogP contribution in [-0.2, 0) is 11.7 Å². The summed E-state index contributed by atoms with van der Waals surface area (Å²) in [5.74, 6) is -9.66. The van der Waals surface area contributed by atoms with Crippen molar-refractivity contribution < 1.29 is 22.0 Å². The minimum Gasteiger partial charge on any atom is -0.203 e. The van der Waals surface area contributed by atoms with E-state index in [1.165, 1.54) is 14.8 Å². The van der Waals surface area contributed by atoms with E-state index < -0.39 is 40.0 Å². The molecular formula is C28H22BF5. The fraction of sp³-hybridized carbons (Fsp3) is 0.143. The van der Waals surface area contributed by atoms with Gasteiger partial charge < -0.3 is 0 Å². The lowest BCUT2D eigenvalue weighted by Gasteiger charge is -2.28. The van der Waals surface area contributed by atoms with Crippen molar-refractivity contribution in [3.8, 4) is 0 Å². The molecule has 4 aromatic carbocycles. The van der Waals surface area contributed by atoms with Crippen LogP contribution in [0.1, 0.15) is 40.7 Å². The van der Waals surface area contributed by atoms with Crippen LogP contribution in [0.4, 0.5) is 22.0 Å². The molecule has 0 amide bonds. The molecule has 0 aliphatic rings. The molecule has 0 bridgehead atoms. The van der Waals surface area contributed by atoms with Crippen LogP contribution >= 0.6 is 0 Å². The summed E-state index contributed by atoms with van der Waals surface area (Å²) in [6.07, 6.45) is 0.0789. The molecule has 0 saturated carbocycles. The zero-order chi connectivity index (χ0) is 24.5. The molecule has 0 radical (unpaired) electrons. The van der Waals surface area contributed by atoms with Crippen LogP contribution in [0.25, 0.3) is 0 Å². The molecule has 6 heteroatoms. The molecule has 0 fully saturated rings. The minimum absolute atomic E-state index is 0.0789. The highest BCUT2D eigenvalue weighted by Gasteiger charge is 2.35. The number of rotatable bonds is 6. The van der Waals surface area contributed by atoms with Crippen molar-refractivity contribution in [1.82, 2.24) is 0 Å².